The SMILES string of the molecule is CCCc1nsc(NC(C)(CC)C(=O)O)n1. The molecule has 1 atom stereocenters. The molecule has 0 saturated heterocycles. The minimum Gasteiger partial charge on any atom is -0.480 e. The third-order valence-corrected chi connectivity index (χ3v) is 3.17. The van der Waals surface area contributed by atoms with Crippen molar-refractivity contribution in [1.29, 1.82) is 0 Å². The smallest absolute Gasteiger partial charge is 0.329 e. The predicted octanol–water partition coefficient (Wildman–Crippen LogP) is 2.16. The highest BCUT2D eigenvalue weighted by atomic mass is 32.1. The van der Waals surface area contributed by atoms with Gasteiger partial charge in [-0.1, -0.05) is 13.8 Å². The number of nitrogens with zero attached hydrogens (tertiary/aromatic N) is 2. The van der Waals surface area contributed by atoms with Crippen molar-refractivity contribution in [3.05, 3.63) is 5.82 Å². The van der Waals surface area contributed by atoms with Gasteiger partial charge < -0.3 is 10.4 Å². The fourth-order valence-electron chi connectivity index (χ4n) is 1.16. The molecule has 0 amide bonds. The first-order chi connectivity index (χ1) is 7.51. The van der Waals surface area contributed by atoms with E-state index in [0.717, 1.165) is 18.7 Å². The summed E-state index contributed by atoms with van der Waals surface area (Å²) in [5.74, 6) is -0.0962. The Hall–Kier alpha value is -1.17. The number of aryl methyl sites for hydroxylation is 1. The Morgan fingerprint density at radius 2 is 2.25 bits per heavy atom. The first kappa shape index (κ1) is 12.9. The van der Waals surface area contributed by atoms with Gasteiger partial charge in [0.05, 0.1) is 0 Å². The van der Waals surface area contributed by atoms with E-state index in [1.807, 2.05) is 6.92 Å². The molecule has 0 aromatic carbocycles. The van der Waals surface area contributed by atoms with Crippen LogP contribution in [0.5, 0.6) is 0 Å². The van der Waals surface area contributed by atoms with E-state index in [-0.39, 0.29) is 0 Å². The summed E-state index contributed by atoms with van der Waals surface area (Å²) in [6.07, 6.45) is 2.30. The van der Waals surface area contributed by atoms with E-state index in [2.05, 4.69) is 21.6 Å². The number of hydrogen-bond donors (Lipinski definition) is 2. The number of rotatable bonds is 6. The van der Waals surface area contributed by atoms with Gasteiger partial charge in [-0.2, -0.15) is 4.37 Å². The van der Waals surface area contributed by atoms with Crippen LogP contribution < -0.4 is 5.32 Å². The minimum atomic E-state index is -0.969. The van der Waals surface area contributed by atoms with Crippen molar-refractivity contribution in [2.45, 2.75) is 45.6 Å². The van der Waals surface area contributed by atoms with Crippen molar-refractivity contribution in [3.63, 3.8) is 0 Å². The van der Waals surface area contributed by atoms with Crippen LogP contribution in [0.4, 0.5) is 5.13 Å². The summed E-state index contributed by atoms with van der Waals surface area (Å²) in [5, 5.41) is 12.6. The van der Waals surface area contributed by atoms with E-state index in [1.165, 1.54) is 11.5 Å². The average Bonchev–Trinajstić information content (AvgIpc) is 2.65. The highest BCUT2D eigenvalue weighted by Gasteiger charge is 2.31. The molecule has 0 fully saturated rings. The molecule has 1 heterocycles. The first-order valence-corrected chi connectivity index (χ1v) is 6.13. The molecule has 5 nitrogen and oxygen atoms in total. The van der Waals surface area contributed by atoms with Crippen molar-refractivity contribution in [3.8, 4) is 0 Å². The van der Waals surface area contributed by atoms with Gasteiger partial charge in [0.1, 0.15) is 11.4 Å². The maximum absolute atomic E-state index is 11.1. The van der Waals surface area contributed by atoms with Crippen LogP contribution >= 0.6 is 11.5 Å². The topological polar surface area (TPSA) is 75.1 Å². The summed E-state index contributed by atoms with van der Waals surface area (Å²) in [5.41, 5.74) is -0.969. The Bertz CT molecular complexity index is 367. The first-order valence-electron chi connectivity index (χ1n) is 5.36. The van der Waals surface area contributed by atoms with Crippen molar-refractivity contribution in [1.82, 2.24) is 9.36 Å². The van der Waals surface area contributed by atoms with Crippen LogP contribution in [0.15, 0.2) is 0 Å². The number of aliphatic carboxylic acids is 1. The molecule has 6 heteroatoms. The summed E-state index contributed by atoms with van der Waals surface area (Å²) < 4.78 is 4.16. The van der Waals surface area contributed by atoms with E-state index in [4.69, 9.17) is 5.11 Å². The van der Waals surface area contributed by atoms with E-state index in [1.54, 1.807) is 6.92 Å². The molecule has 16 heavy (non-hydrogen) atoms. The zero-order chi connectivity index (χ0) is 12.2. The molecule has 0 aliphatic carbocycles. The van der Waals surface area contributed by atoms with Gasteiger partial charge in [0.2, 0.25) is 5.13 Å². The Labute approximate surface area is 99.1 Å². The lowest BCUT2D eigenvalue weighted by atomic mass is 10.00. The molecule has 0 bridgehead atoms. The van der Waals surface area contributed by atoms with E-state index >= 15 is 0 Å². The van der Waals surface area contributed by atoms with Crippen LogP contribution in [0, 0.1) is 0 Å². The van der Waals surface area contributed by atoms with Gasteiger partial charge in [0.15, 0.2) is 0 Å². The third-order valence-electron chi connectivity index (χ3n) is 2.50. The monoisotopic (exact) mass is 243 g/mol. The minimum absolute atomic E-state index is 0.491. The van der Waals surface area contributed by atoms with E-state index in [9.17, 15) is 4.79 Å². The van der Waals surface area contributed by atoms with Crippen LogP contribution in [0.3, 0.4) is 0 Å². The highest BCUT2D eigenvalue weighted by molar-refractivity contribution is 7.09. The Morgan fingerprint density at radius 3 is 2.75 bits per heavy atom. The van der Waals surface area contributed by atoms with Crippen molar-refractivity contribution in [2.24, 2.45) is 0 Å². The number of aromatic nitrogens is 2. The van der Waals surface area contributed by atoms with Crippen LogP contribution in [-0.2, 0) is 11.2 Å². The van der Waals surface area contributed by atoms with Gasteiger partial charge in [0.25, 0.3) is 0 Å². The number of nitrogens with one attached hydrogen (secondary N) is 1. The second-order valence-electron chi connectivity index (χ2n) is 3.88. The zero-order valence-electron chi connectivity index (χ0n) is 9.78. The fourth-order valence-corrected chi connectivity index (χ4v) is 1.90. The van der Waals surface area contributed by atoms with Crippen LogP contribution in [-0.4, -0.2) is 26.0 Å². The van der Waals surface area contributed by atoms with Crippen molar-refractivity contribution >= 4 is 22.6 Å². The van der Waals surface area contributed by atoms with Gasteiger partial charge in [-0.3, -0.25) is 0 Å². The summed E-state index contributed by atoms with van der Waals surface area (Å²) in [6, 6.07) is 0. The molecule has 0 radical (unpaired) electrons. The number of carbonyl (C=O) groups is 1. The molecule has 1 aromatic rings. The maximum atomic E-state index is 11.1. The predicted molar refractivity (Wildman–Crippen MR) is 63.9 cm³/mol. The summed E-state index contributed by atoms with van der Waals surface area (Å²) in [4.78, 5) is 15.3. The lowest BCUT2D eigenvalue weighted by Gasteiger charge is -2.23. The van der Waals surface area contributed by atoms with Crippen LogP contribution in [0.25, 0.3) is 0 Å². The van der Waals surface area contributed by atoms with E-state index < -0.39 is 11.5 Å². The summed E-state index contributed by atoms with van der Waals surface area (Å²) >= 11 is 1.21. The lowest BCUT2D eigenvalue weighted by Crippen LogP contribution is -2.42. The van der Waals surface area contributed by atoms with Gasteiger partial charge in [-0.05, 0) is 19.8 Å². The quantitative estimate of drug-likeness (QED) is 0.800. The molecular weight excluding hydrogens is 226 g/mol. The van der Waals surface area contributed by atoms with Crippen LogP contribution in [0.2, 0.25) is 0 Å². The Kier molecular flexibility index (Phi) is 4.23. The molecular formula is C10H17N3O2S. The van der Waals surface area contributed by atoms with Gasteiger partial charge in [-0.15, -0.1) is 0 Å². The molecule has 2 N–H and O–H groups in total. The Morgan fingerprint density at radius 1 is 1.56 bits per heavy atom. The molecule has 1 unspecified atom stereocenters. The van der Waals surface area contributed by atoms with Crippen LogP contribution in [0.1, 0.15) is 39.4 Å². The zero-order valence-corrected chi connectivity index (χ0v) is 10.6. The molecule has 0 spiro atoms. The summed E-state index contributed by atoms with van der Waals surface area (Å²) in [6.45, 7) is 5.53. The number of anilines is 1. The summed E-state index contributed by atoms with van der Waals surface area (Å²) in [7, 11) is 0. The third kappa shape index (κ3) is 2.91. The molecule has 90 valence electrons. The standard InChI is InChI=1S/C10H17N3O2S/c1-4-6-7-11-9(16-13-7)12-10(3,5-2)8(14)15/h4-6H2,1-3H3,(H,14,15)(H,11,12,13). The fraction of sp³-hybridized carbons (Fsp3) is 0.700. The van der Waals surface area contributed by atoms with E-state index in [0.29, 0.717) is 11.6 Å². The molecule has 0 saturated carbocycles. The van der Waals surface area contributed by atoms with Gasteiger partial charge in [-0.25, -0.2) is 9.78 Å². The highest BCUT2D eigenvalue weighted by Crippen LogP contribution is 2.20. The largest absolute Gasteiger partial charge is 0.480 e. The van der Waals surface area contributed by atoms with Gasteiger partial charge in [0, 0.05) is 18.0 Å². The number of carboxylic acid groups (broad SMARTS) is 1. The normalized spacial score (nSPS) is 14.4. The van der Waals surface area contributed by atoms with Crippen molar-refractivity contribution < 1.29 is 9.90 Å². The average molecular weight is 243 g/mol. The molecule has 0 aliphatic rings. The Balaban J connectivity index is 2.74. The second kappa shape index (κ2) is 5.25. The number of hydrogen-bond acceptors (Lipinski definition) is 5. The second-order valence-corrected chi connectivity index (χ2v) is 4.63. The maximum Gasteiger partial charge on any atom is 0.329 e. The van der Waals surface area contributed by atoms with Crippen molar-refractivity contribution in [2.75, 3.05) is 5.32 Å². The molecule has 1 rings (SSSR count). The van der Waals surface area contributed by atoms with Gasteiger partial charge >= 0.3 is 5.97 Å². The number of carboxylic acids is 1. The molecule has 0 aliphatic heterocycles. The lowest BCUT2D eigenvalue weighted by molar-refractivity contribution is -0.141. The molecule has 1 aromatic heterocycles.